The molecule has 1 aliphatic rings. The Hall–Kier alpha value is -0.860. The van der Waals surface area contributed by atoms with Crippen LogP contribution in [0.1, 0.15) is 43.6 Å². The maximum atomic E-state index is 10.6. The van der Waals surface area contributed by atoms with Crippen molar-refractivity contribution in [1.82, 2.24) is 0 Å². The molecule has 2 heteroatoms. The molecule has 1 aliphatic carbocycles. The summed E-state index contributed by atoms with van der Waals surface area (Å²) in [5, 5.41) is 19.8. The van der Waals surface area contributed by atoms with Crippen molar-refractivity contribution in [1.29, 1.82) is 0 Å². The van der Waals surface area contributed by atoms with Gasteiger partial charge >= 0.3 is 0 Å². The van der Waals surface area contributed by atoms with Gasteiger partial charge in [0, 0.05) is 12.5 Å². The Morgan fingerprint density at radius 3 is 2.31 bits per heavy atom. The van der Waals surface area contributed by atoms with Gasteiger partial charge in [-0.15, -0.1) is 0 Å². The summed E-state index contributed by atoms with van der Waals surface area (Å²) in [6.07, 6.45) is 4.59. The number of hydrogen-bond donors (Lipinski definition) is 2. The molecule has 0 saturated heterocycles. The van der Waals surface area contributed by atoms with E-state index >= 15 is 0 Å². The third-order valence-electron chi connectivity index (χ3n) is 3.74. The molecule has 0 aliphatic heterocycles. The van der Waals surface area contributed by atoms with Crippen LogP contribution in [0.15, 0.2) is 30.3 Å². The van der Waals surface area contributed by atoms with E-state index in [1.807, 2.05) is 18.2 Å². The Kier molecular flexibility index (Phi) is 3.62. The Morgan fingerprint density at radius 2 is 1.75 bits per heavy atom. The normalized spacial score (nSPS) is 20.9. The molecule has 1 unspecified atom stereocenters. The summed E-state index contributed by atoms with van der Waals surface area (Å²) in [7, 11) is 0. The van der Waals surface area contributed by atoms with Crippen LogP contribution in [0.25, 0.3) is 0 Å². The fraction of sp³-hybridized carbons (Fsp3) is 0.571. The van der Waals surface area contributed by atoms with Gasteiger partial charge in [-0.3, -0.25) is 0 Å². The van der Waals surface area contributed by atoms with Crippen LogP contribution in [-0.4, -0.2) is 22.4 Å². The molecule has 1 saturated carbocycles. The summed E-state index contributed by atoms with van der Waals surface area (Å²) in [6.45, 7) is 0.141. The zero-order valence-electron chi connectivity index (χ0n) is 9.60. The van der Waals surface area contributed by atoms with E-state index in [9.17, 15) is 5.11 Å². The average Bonchev–Trinajstić information content (AvgIpc) is 2.75. The van der Waals surface area contributed by atoms with Gasteiger partial charge in [0.2, 0.25) is 0 Å². The van der Waals surface area contributed by atoms with E-state index < -0.39 is 5.60 Å². The fourth-order valence-corrected chi connectivity index (χ4v) is 2.90. The van der Waals surface area contributed by atoms with Crippen LogP contribution in [-0.2, 0) is 0 Å². The molecular weight excluding hydrogens is 200 g/mol. The molecule has 2 nitrogen and oxygen atoms in total. The Balaban J connectivity index is 2.23. The fourth-order valence-electron chi connectivity index (χ4n) is 2.90. The summed E-state index contributed by atoms with van der Waals surface area (Å²) >= 11 is 0. The molecule has 88 valence electrons. The number of aliphatic hydroxyl groups is 2. The van der Waals surface area contributed by atoms with Crippen LogP contribution in [0.5, 0.6) is 0 Å². The van der Waals surface area contributed by atoms with Crippen LogP contribution in [0.2, 0.25) is 0 Å². The van der Waals surface area contributed by atoms with Crippen LogP contribution in [0.3, 0.4) is 0 Å². The molecule has 0 bridgehead atoms. The summed E-state index contributed by atoms with van der Waals surface area (Å²) < 4.78 is 0. The Labute approximate surface area is 96.9 Å². The van der Waals surface area contributed by atoms with Gasteiger partial charge in [0.1, 0.15) is 0 Å². The molecule has 16 heavy (non-hydrogen) atoms. The van der Waals surface area contributed by atoms with E-state index in [1.54, 1.807) is 0 Å². The molecule has 1 aromatic rings. The lowest BCUT2D eigenvalue weighted by atomic mass is 9.79. The quantitative estimate of drug-likeness (QED) is 0.818. The van der Waals surface area contributed by atoms with Crippen molar-refractivity contribution < 1.29 is 10.2 Å². The smallest absolute Gasteiger partial charge is 0.0716 e. The topological polar surface area (TPSA) is 40.5 Å². The molecular formula is C14H20O2. The molecule has 2 N–H and O–H groups in total. The molecule has 0 amide bonds. The van der Waals surface area contributed by atoms with Crippen LogP contribution >= 0.6 is 0 Å². The van der Waals surface area contributed by atoms with Gasteiger partial charge in [0.15, 0.2) is 0 Å². The minimum atomic E-state index is -0.593. The highest BCUT2D eigenvalue weighted by Crippen LogP contribution is 2.42. The second kappa shape index (κ2) is 4.98. The minimum absolute atomic E-state index is 0.0844. The van der Waals surface area contributed by atoms with Crippen LogP contribution < -0.4 is 0 Å². The van der Waals surface area contributed by atoms with Crippen molar-refractivity contribution in [3.05, 3.63) is 35.9 Å². The molecule has 0 radical (unpaired) electrons. The van der Waals surface area contributed by atoms with Gasteiger partial charge in [0.25, 0.3) is 0 Å². The first kappa shape index (κ1) is 11.6. The number of rotatable bonds is 4. The van der Waals surface area contributed by atoms with Gasteiger partial charge in [-0.1, -0.05) is 43.2 Å². The molecule has 1 atom stereocenters. The predicted molar refractivity (Wildman–Crippen MR) is 64.3 cm³/mol. The molecule has 2 rings (SSSR count). The van der Waals surface area contributed by atoms with Crippen molar-refractivity contribution >= 4 is 0 Å². The summed E-state index contributed by atoms with van der Waals surface area (Å²) in [6, 6.07) is 10.1. The number of benzene rings is 1. The highest BCUT2D eigenvalue weighted by molar-refractivity contribution is 5.23. The SMILES string of the molecule is OCCC(c1ccccc1)C1(O)CCCC1. The van der Waals surface area contributed by atoms with Gasteiger partial charge in [0.05, 0.1) is 5.60 Å². The zero-order valence-corrected chi connectivity index (χ0v) is 9.60. The highest BCUT2D eigenvalue weighted by Gasteiger charge is 2.39. The van der Waals surface area contributed by atoms with Crippen molar-refractivity contribution in [2.45, 2.75) is 43.6 Å². The van der Waals surface area contributed by atoms with Gasteiger partial charge in [-0.25, -0.2) is 0 Å². The average molecular weight is 220 g/mol. The Bertz CT molecular complexity index is 315. The van der Waals surface area contributed by atoms with E-state index in [0.29, 0.717) is 6.42 Å². The van der Waals surface area contributed by atoms with E-state index in [4.69, 9.17) is 5.11 Å². The third kappa shape index (κ3) is 2.28. The lowest BCUT2D eigenvalue weighted by Crippen LogP contribution is -2.33. The predicted octanol–water partition coefficient (Wildman–Crippen LogP) is 2.46. The van der Waals surface area contributed by atoms with Gasteiger partial charge < -0.3 is 10.2 Å². The molecule has 1 aromatic carbocycles. The van der Waals surface area contributed by atoms with E-state index in [2.05, 4.69) is 12.1 Å². The second-order valence-electron chi connectivity index (χ2n) is 4.79. The highest BCUT2D eigenvalue weighted by atomic mass is 16.3. The summed E-state index contributed by atoms with van der Waals surface area (Å²) in [5.74, 6) is 0.0844. The van der Waals surface area contributed by atoms with E-state index in [0.717, 1.165) is 31.2 Å². The van der Waals surface area contributed by atoms with E-state index in [-0.39, 0.29) is 12.5 Å². The van der Waals surface area contributed by atoms with Crippen molar-refractivity contribution in [3.8, 4) is 0 Å². The molecule has 0 heterocycles. The van der Waals surface area contributed by atoms with Crippen LogP contribution in [0, 0.1) is 0 Å². The standard InChI is InChI=1S/C14H20O2/c15-11-8-13(12-6-2-1-3-7-12)14(16)9-4-5-10-14/h1-3,6-7,13,15-16H,4-5,8-11H2. The van der Waals surface area contributed by atoms with E-state index in [1.165, 1.54) is 0 Å². The molecule has 0 aromatic heterocycles. The van der Waals surface area contributed by atoms with Gasteiger partial charge in [-0.05, 0) is 24.8 Å². The van der Waals surface area contributed by atoms with Crippen molar-refractivity contribution in [3.63, 3.8) is 0 Å². The number of hydrogen-bond acceptors (Lipinski definition) is 2. The zero-order chi connectivity index (χ0) is 11.4. The summed E-state index contributed by atoms with van der Waals surface area (Å²) in [4.78, 5) is 0. The second-order valence-corrected chi connectivity index (χ2v) is 4.79. The first-order valence-corrected chi connectivity index (χ1v) is 6.14. The lowest BCUT2D eigenvalue weighted by molar-refractivity contribution is 0.0105. The maximum Gasteiger partial charge on any atom is 0.0716 e. The first-order valence-electron chi connectivity index (χ1n) is 6.14. The minimum Gasteiger partial charge on any atom is -0.396 e. The number of aliphatic hydroxyl groups excluding tert-OH is 1. The largest absolute Gasteiger partial charge is 0.396 e. The third-order valence-corrected chi connectivity index (χ3v) is 3.74. The molecule has 0 spiro atoms. The maximum absolute atomic E-state index is 10.6. The Morgan fingerprint density at radius 1 is 1.12 bits per heavy atom. The van der Waals surface area contributed by atoms with Gasteiger partial charge in [-0.2, -0.15) is 0 Å². The van der Waals surface area contributed by atoms with Crippen LogP contribution in [0.4, 0.5) is 0 Å². The van der Waals surface area contributed by atoms with Crippen molar-refractivity contribution in [2.24, 2.45) is 0 Å². The first-order chi connectivity index (χ1) is 7.76. The monoisotopic (exact) mass is 220 g/mol. The summed E-state index contributed by atoms with van der Waals surface area (Å²) in [5.41, 5.74) is 0.560. The lowest BCUT2D eigenvalue weighted by Gasteiger charge is -2.32. The molecule has 1 fully saturated rings. The van der Waals surface area contributed by atoms with Crippen molar-refractivity contribution in [2.75, 3.05) is 6.61 Å².